The van der Waals surface area contributed by atoms with Crippen LogP contribution in [0.4, 0.5) is 5.69 Å². The van der Waals surface area contributed by atoms with Crippen LogP contribution >= 0.6 is 0 Å². The molecule has 1 heterocycles. The Bertz CT molecular complexity index is 656. The van der Waals surface area contributed by atoms with Gasteiger partial charge < -0.3 is 9.84 Å². The van der Waals surface area contributed by atoms with Gasteiger partial charge >= 0.3 is 0 Å². The van der Waals surface area contributed by atoms with E-state index in [4.69, 9.17) is 4.74 Å². The number of ether oxygens (including phenoxy) is 1. The van der Waals surface area contributed by atoms with Crippen molar-refractivity contribution < 1.29 is 14.8 Å². The second-order valence-corrected chi connectivity index (χ2v) is 4.39. The molecule has 0 unspecified atom stereocenters. The lowest BCUT2D eigenvalue weighted by Gasteiger charge is -2.11. The molecule has 104 valence electrons. The normalized spacial score (nSPS) is 10.3. The van der Waals surface area contributed by atoms with Crippen LogP contribution < -0.4 is 4.74 Å². The molecule has 1 aromatic carbocycles. The van der Waals surface area contributed by atoms with E-state index in [-0.39, 0.29) is 12.3 Å². The largest absolute Gasteiger partial charge is 0.438 e. The van der Waals surface area contributed by atoms with Gasteiger partial charge in [-0.1, -0.05) is 0 Å². The Morgan fingerprint density at radius 1 is 1.35 bits per heavy atom. The van der Waals surface area contributed by atoms with E-state index < -0.39 is 4.92 Å². The molecule has 0 saturated carbocycles. The van der Waals surface area contributed by atoms with Gasteiger partial charge in [0.05, 0.1) is 11.5 Å². The highest BCUT2D eigenvalue weighted by Crippen LogP contribution is 2.31. The van der Waals surface area contributed by atoms with Gasteiger partial charge in [0, 0.05) is 23.4 Å². The maximum Gasteiger partial charge on any atom is 0.272 e. The first-order valence-corrected chi connectivity index (χ1v) is 6.01. The van der Waals surface area contributed by atoms with Gasteiger partial charge in [-0.15, -0.1) is 0 Å². The fraction of sp³-hybridized carbons (Fsp3) is 0.214. The predicted octanol–water partition coefficient (Wildman–Crippen LogP) is 2.89. The van der Waals surface area contributed by atoms with Crippen molar-refractivity contribution in [3.05, 3.63) is 57.3 Å². The van der Waals surface area contributed by atoms with Gasteiger partial charge in [0.25, 0.3) is 5.69 Å². The van der Waals surface area contributed by atoms with Gasteiger partial charge in [0.2, 0.25) is 5.88 Å². The zero-order chi connectivity index (χ0) is 14.7. The summed E-state index contributed by atoms with van der Waals surface area (Å²) in [4.78, 5) is 14.5. The zero-order valence-corrected chi connectivity index (χ0v) is 11.2. The van der Waals surface area contributed by atoms with Crippen molar-refractivity contribution in [1.82, 2.24) is 4.98 Å². The van der Waals surface area contributed by atoms with E-state index in [0.717, 1.165) is 0 Å². The number of rotatable bonds is 4. The highest BCUT2D eigenvalue weighted by Gasteiger charge is 2.15. The van der Waals surface area contributed by atoms with Crippen LogP contribution in [0.15, 0.2) is 30.5 Å². The summed E-state index contributed by atoms with van der Waals surface area (Å²) in [6, 6.07) is 6.47. The predicted molar refractivity (Wildman–Crippen MR) is 72.8 cm³/mol. The molecule has 0 aliphatic carbocycles. The standard InChI is InChI=1S/C14H14N2O4/c1-9-7-13(10(2)6-12(9)16(18)19)20-14-11(8-17)4-3-5-15-14/h3-7,17H,8H2,1-2H3. The quantitative estimate of drug-likeness (QED) is 0.684. The molecule has 6 nitrogen and oxygen atoms in total. The second kappa shape index (κ2) is 5.66. The maximum absolute atomic E-state index is 10.9. The van der Waals surface area contributed by atoms with Gasteiger partial charge in [-0.2, -0.15) is 0 Å². The molecule has 0 amide bonds. The maximum atomic E-state index is 10.9. The molecule has 2 aromatic rings. The summed E-state index contributed by atoms with van der Waals surface area (Å²) >= 11 is 0. The van der Waals surface area contributed by atoms with E-state index in [1.54, 1.807) is 38.2 Å². The van der Waals surface area contributed by atoms with Crippen LogP contribution in [0.1, 0.15) is 16.7 Å². The van der Waals surface area contributed by atoms with E-state index in [2.05, 4.69) is 4.98 Å². The molecule has 0 spiro atoms. The summed E-state index contributed by atoms with van der Waals surface area (Å²) in [5.41, 5.74) is 1.76. The Kier molecular flexibility index (Phi) is 3.95. The minimum absolute atomic E-state index is 0.0539. The van der Waals surface area contributed by atoms with Gasteiger partial charge in [0.15, 0.2) is 0 Å². The SMILES string of the molecule is Cc1cc([N+](=O)[O-])c(C)cc1Oc1ncccc1CO. The van der Waals surface area contributed by atoms with Crippen LogP contribution in [0.5, 0.6) is 11.6 Å². The number of aryl methyl sites for hydroxylation is 2. The van der Waals surface area contributed by atoms with Crippen LogP contribution in [0, 0.1) is 24.0 Å². The number of nitro groups is 1. The van der Waals surface area contributed by atoms with Crippen molar-refractivity contribution in [2.45, 2.75) is 20.5 Å². The third kappa shape index (κ3) is 2.75. The molecular weight excluding hydrogens is 260 g/mol. The fourth-order valence-electron chi connectivity index (χ4n) is 1.82. The molecule has 0 aliphatic rings. The van der Waals surface area contributed by atoms with Crippen molar-refractivity contribution in [2.75, 3.05) is 0 Å². The first-order valence-electron chi connectivity index (χ1n) is 6.01. The highest BCUT2D eigenvalue weighted by atomic mass is 16.6. The van der Waals surface area contributed by atoms with Crippen LogP contribution in [0.25, 0.3) is 0 Å². The summed E-state index contributed by atoms with van der Waals surface area (Å²) < 4.78 is 5.65. The molecule has 2 rings (SSSR count). The lowest BCUT2D eigenvalue weighted by Crippen LogP contribution is -1.98. The highest BCUT2D eigenvalue weighted by molar-refractivity contribution is 5.50. The summed E-state index contributed by atoms with van der Waals surface area (Å²) in [5.74, 6) is 0.785. The smallest absolute Gasteiger partial charge is 0.272 e. The molecule has 20 heavy (non-hydrogen) atoms. The van der Waals surface area contributed by atoms with Crippen LogP contribution in [0.3, 0.4) is 0 Å². The number of hydrogen-bond donors (Lipinski definition) is 1. The minimum Gasteiger partial charge on any atom is -0.438 e. The third-order valence-electron chi connectivity index (χ3n) is 2.92. The van der Waals surface area contributed by atoms with Crippen LogP contribution in [-0.4, -0.2) is 15.0 Å². The number of aliphatic hydroxyl groups excluding tert-OH is 1. The van der Waals surface area contributed by atoms with Crippen LogP contribution in [0.2, 0.25) is 0 Å². The molecule has 0 bridgehead atoms. The van der Waals surface area contributed by atoms with Crippen molar-refractivity contribution in [2.24, 2.45) is 0 Å². The van der Waals surface area contributed by atoms with Crippen LogP contribution in [-0.2, 0) is 6.61 Å². The fourth-order valence-corrected chi connectivity index (χ4v) is 1.82. The van der Waals surface area contributed by atoms with Crippen molar-refractivity contribution >= 4 is 5.69 Å². The molecule has 0 atom stereocenters. The van der Waals surface area contributed by atoms with Gasteiger partial charge in [-0.3, -0.25) is 10.1 Å². The number of hydrogen-bond acceptors (Lipinski definition) is 5. The Morgan fingerprint density at radius 2 is 2.10 bits per heavy atom. The lowest BCUT2D eigenvalue weighted by molar-refractivity contribution is -0.385. The first kappa shape index (κ1) is 14.0. The van der Waals surface area contributed by atoms with E-state index in [9.17, 15) is 15.2 Å². The van der Waals surface area contributed by atoms with Crippen molar-refractivity contribution in [1.29, 1.82) is 0 Å². The minimum atomic E-state index is -0.425. The molecular formula is C14H14N2O4. The van der Waals surface area contributed by atoms with E-state index in [1.165, 1.54) is 6.07 Å². The lowest BCUT2D eigenvalue weighted by atomic mass is 10.1. The molecule has 0 aliphatic heterocycles. The molecule has 0 saturated heterocycles. The summed E-state index contributed by atoms with van der Waals surface area (Å²) in [6.45, 7) is 3.19. The Balaban J connectivity index is 2.39. The summed E-state index contributed by atoms with van der Waals surface area (Å²) in [5, 5.41) is 20.1. The van der Waals surface area contributed by atoms with E-state index in [0.29, 0.717) is 28.3 Å². The second-order valence-electron chi connectivity index (χ2n) is 4.39. The number of pyridine rings is 1. The summed E-state index contributed by atoms with van der Waals surface area (Å²) in [6.07, 6.45) is 1.56. The Labute approximate surface area is 115 Å². The monoisotopic (exact) mass is 274 g/mol. The van der Waals surface area contributed by atoms with E-state index in [1.807, 2.05) is 0 Å². The zero-order valence-electron chi connectivity index (χ0n) is 11.2. The number of aliphatic hydroxyl groups is 1. The first-order chi connectivity index (χ1) is 9.52. The summed E-state index contributed by atoms with van der Waals surface area (Å²) in [7, 11) is 0. The Hall–Kier alpha value is -2.47. The Morgan fingerprint density at radius 3 is 2.75 bits per heavy atom. The van der Waals surface area contributed by atoms with Crippen molar-refractivity contribution in [3.8, 4) is 11.6 Å². The van der Waals surface area contributed by atoms with Gasteiger partial charge in [-0.05, 0) is 37.6 Å². The average Bonchev–Trinajstić information content (AvgIpc) is 2.42. The van der Waals surface area contributed by atoms with Crippen molar-refractivity contribution in [3.63, 3.8) is 0 Å². The molecule has 0 radical (unpaired) electrons. The molecule has 1 aromatic heterocycles. The number of benzene rings is 1. The van der Waals surface area contributed by atoms with Gasteiger partial charge in [0.1, 0.15) is 5.75 Å². The topological polar surface area (TPSA) is 85.5 Å². The average molecular weight is 274 g/mol. The van der Waals surface area contributed by atoms with Gasteiger partial charge in [-0.25, -0.2) is 4.98 Å². The number of nitrogens with zero attached hydrogens (tertiary/aromatic N) is 2. The number of aromatic nitrogens is 1. The molecule has 6 heteroatoms. The molecule has 1 N–H and O–H groups in total. The number of nitro benzene ring substituents is 1. The van der Waals surface area contributed by atoms with E-state index >= 15 is 0 Å². The molecule has 0 fully saturated rings. The third-order valence-corrected chi connectivity index (χ3v) is 2.92.